The fourth-order valence-electron chi connectivity index (χ4n) is 3.34. The average Bonchev–Trinajstić information content (AvgIpc) is 2.77. The van der Waals surface area contributed by atoms with Gasteiger partial charge in [0.2, 0.25) is 11.8 Å². The number of rotatable bonds is 4. The van der Waals surface area contributed by atoms with Crippen LogP contribution < -0.4 is 15.5 Å². The van der Waals surface area contributed by atoms with Crippen LogP contribution in [-0.2, 0) is 15.8 Å². The molecule has 0 bridgehead atoms. The van der Waals surface area contributed by atoms with Crippen molar-refractivity contribution in [3.63, 3.8) is 0 Å². The van der Waals surface area contributed by atoms with E-state index in [0.29, 0.717) is 30.2 Å². The van der Waals surface area contributed by atoms with Gasteiger partial charge in [-0.15, -0.1) is 0 Å². The maximum absolute atomic E-state index is 12.6. The molecular formula is C23H19F3N4O2. The Balaban J connectivity index is 1.42. The van der Waals surface area contributed by atoms with Gasteiger partial charge in [-0.2, -0.15) is 13.2 Å². The number of pyridine rings is 1. The minimum Gasteiger partial charge on any atom is -0.353 e. The highest BCUT2D eigenvalue weighted by molar-refractivity contribution is 6.03. The Kier molecular flexibility index (Phi) is 5.81. The number of amides is 2. The molecule has 3 aromatic rings. The number of carbonyl (C=O) groups is 2. The van der Waals surface area contributed by atoms with E-state index in [0.717, 1.165) is 23.0 Å². The van der Waals surface area contributed by atoms with Crippen molar-refractivity contribution in [3.05, 3.63) is 71.8 Å². The predicted molar refractivity (Wildman–Crippen MR) is 116 cm³/mol. The van der Waals surface area contributed by atoms with Crippen molar-refractivity contribution in [2.24, 2.45) is 0 Å². The van der Waals surface area contributed by atoms with Gasteiger partial charge in [0.25, 0.3) is 0 Å². The Morgan fingerprint density at radius 1 is 1.09 bits per heavy atom. The maximum Gasteiger partial charge on any atom is 0.416 e. The van der Waals surface area contributed by atoms with Gasteiger partial charge in [-0.25, -0.2) is 4.98 Å². The van der Waals surface area contributed by atoms with E-state index in [9.17, 15) is 22.8 Å². The van der Waals surface area contributed by atoms with E-state index in [1.807, 2.05) is 17.0 Å². The minimum atomic E-state index is -4.40. The monoisotopic (exact) mass is 440 g/mol. The van der Waals surface area contributed by atoms with Crippen LogP contribution in [0.15, 0.2) is 60.7 Å². The van der Waals surface area contributed by atoms with Gasteiger partial charge >= 0.3 is 6.18 Å². The number of nitrogens with zero attached hydrogens (tertiary/aromatic N) is 2. The van der Waals surface area contributed by atoms with Crippen LogP contribution in [0.4, 0.5) is 24.7 Å². The van der Waals surface area contributed by atoms with Crippen molar-refractivity contribution < 1.29 is 22.8 Å². The standard InChI is InChI=1S/C23H19F3N4O2/c24-23(25,26)17-5-1-15(2-6-17)3-10-21(31)28-18-7-8-19-16(13-18)4-9-20(29-19)30-12-11-27-22(32)14-30/h1-10,13H,11-12,14H2,(H,27,32)(H,28,31)/b10-3+. The number of aromatic nitrogens is 1. The summed E-state index contributed by atoms with van der Waals surface area (Å²) in [7, 11) is 0. The SMILES string of the molecule is O=C(/C=C/c1ccc(C(F)(F)F)cc1)Nc1ccc2nc(N3CCNC(=O)C3)ccc2c1. The van der Waals surface area contributed by atoms with E-state index >= 15 is 0 Å². The van der Waals surface area contributed by atoms with Gasteiger partial charge < -0.3 is 15.5 Å². The first-order valence-corrected chi connectivity index (χ1v) is 9.87. The fourth-order valence-corrected chi connectivity index (χ4v) is 3.34. The molecule has 9 heteroatoms. The van der Waals surface area contributed by atoms with Gasteiger partial charge in [-0.05, 0) is 54.1 Å². The van der Waals surface area contributed by atoms with Crippen LogP contribution in [0.2, 0.25) is 0 Å². The summed E-state index contributed by atoms with van der Waals surface area (Å²) in [6.07, 6.45) is -1.69. The highest BCUT2D eigenvalue weighted by Crippen LogP contribution is 2.29. The van der Waals surface area contributed by atoms with Crippen molar-refractivity contribution >= 4 is 40.3 Å². The third kappa shape index (κ3) is 5.05. The van der Waals surface area contributed by atoms with Crippen molar-refractivity contribution in [2.45, 2.75) is 6.18 Å². The molecule has 0 spiro atoms. The first-order chi connectivity index (χ1) is 15.3. The van der Waals surface area contributed by atoms with Crippen LogP contribution in [0.5, 0.6) is 0 Å². The van der Waals surface area contributed by atoms with Gasteiger partial charge in [0, 0.05) is 30.2 Å². The summed E-state index contributed by atoms with van der Waals surface area (Å²) in [5.41, 5.74) is 1.03. The van der Waals surface area contributed by atoms with Gasteiger partial charge in [-0.1, -0.05) is 12.1 Å². The van der Waals surface area contributed by atoms with E-state index in [2.05, 4.69) is 15.6 Å². The molecular weight excluding hydrogens is 421 g/mol. The zero-order valence-electron chi connectivity index (χ0n) is 16.8. The molecule has 0 atom stereocenters. The normalized spacial score (nSPS) is 14.6. The molecule has 2 amide bonds. The zero-order chi connectivity index (χ0) is 22.7. The summed E-state index contributed by atoms with van der Waals surface area (Å²) in [4.78, 5) is 30.3. The maximum atomic E-state index is 12.6. The lowest BCUT2D eigenvalue weighted by Crippen LogP contribution is -2.48. The molecule has 2 N–H and O–H groups in total. The first-order valence-electron chi connectivity index (χ1n) is 9.87. The van der Waals surface area contributed by atoms with Crippen LogP contribution in [0.25, 0.3) is 17.0 Å². The molecule has 6 nitrogen and oxygen atoms in total. The zero-order valence-corrected chi connectivity index (χ0v) is 16.8. The number of piperazine rings is 1. The Labute approximate surface area is 181 Å². The molecule has 1 aliphatic rings. The van der Waals surface area contributed by atoms with Crippen LogP contribution in [0.3, 0.4) is 0 Å². The molecule has 1 aliphatic heterocycles. The third-order valence-electron chi connectivity index (χ3n) is 4.97. The van der Waals surface area contributed by atoms with Crippen molar-refractivity contribution in [1.82, 2.24) is 10.3 Å². The van der Waals surface area contributed by atoms with Crippen molar-refractivity contribution in [1.29, 1.82) is 0 Å². The number of carbonyl (C=O) groups excluding carboxylic acids is 2. The number of alkyl halides is 3. The van der Waals surface area contributed by atoms with Crippen molar-refractivity contribution in [2.75, 3.05) is 29.9 Å². The van der Waals surface area contributed by atoms with Crippen LogP contribution in [-0.4, -0.2) is 36.4 Å². The summed E-state index contributed by atoms with van der Waals surface area (Å²) in [6, 6.07) is 13.5. The van der Waals surface area contributed by atoms with E-state index in [1.165, 1.54) is 24.3 Å². The molecule has 1 saturated heterocycles. The largest absolute Gasteiger partial charge is 0.416 e. The molecule has 1 fully saturated rings. The lowest BCUT2D eigenvalue weighted by Gasteiger charge is -2.27. The molecule has 4 rings (SSSR count). The van der Waals surface area contributed by atoms with Gasteiger partial charge in [0.15, 0.2) is 0 Å². The lowest BCUT2D eigenvalue weighted by molar-refractivity contribution is -0.137. The van der Waals surface area contributed by atoms with Gasteiger partial charge in [0.05, 0.1) is 17.6 Å². The quantitative estimate of drug-likeness (QED) is 0.605. The van der Waals surface area contributed by atoms with Gasteiger partial charge in [0.1, 0.15) is 5.82 Å². The van der Waals surface area contributed by atoms with Crippen LogP contribution in [0.1, 0.15) is 11.1 Å². The fraction of sp³-hybridized carbons (Fsp3) is 0.174. The second-order valence-electron chi connectivity index (χ2n) is 7.29. The predicted octanol–water partition coefficient (Wildman–Crippen LogP) is 3.84. The number of anilines is 2. The summed E-state index contributed by atoms with van der Waals surface area (Å²) < 4.78 is 37.8. The number of fused-ring (bicyclic) bond motifs is 1. The lowest BCUT2D eigenvalue weighted by atomic mass is 10.1. The van der Waals surface area contributed by atoms with E-state index in [-0.39, 0.29) is 12.5 Å². The van der Waals surface area contributed by atoms with E-state index in [1.54, 1.807) is 18.2 Å². The summed E-state index contributed by atoms with van der Waals surface area (Å²) in [5.74, 6) is 0.261. The summed E-state index contributed by atoms with van der Waals surface area (Å²) >= 11 is 0. The van der Waals surface area contributed by atoms with E-state index < -0.39 is 17.6 Å². The Hall–Kier alpha value is -3.88. The topological polar surface area (TPSA) is 74.3 Å². The molecule has 0 radical (unpaired) electrons. The summed E-state index contributed by atoms with van der Waals surface area (Å²) in [6.45, 7) is 1.52. The Morgan fingerprint density at radius 2 is 1.88 bits per heavy atom. The highest BCUT2D eigenvalue weighted by atomic mass is 19.4. The Bertz CT molecular complexity index is 1190. The number of hydrogen-bond acceptors (Lipinski definition) is 4. The molecule has 0 aliphatic carbocycles. The smallest absolute Gasteiger partial charge is 0.353 e. The first kappa shape index (κ1) is 21.4. The van der Waals surface area contributed by atoms with Crippen LogP contribution in [0, 0.1) is 0 Å². The number of hydrogen-bond donors (Lipinski definition) is 2. The number of nitrogens with one attached hydrogen (secondary N) is 2. The molecule has 164 valence electrons. The van der Waals surface area contributed by atoms with Crippen LogP contribution >= 0.6 is 0 Å². The second kappa shape index (κ2) is 8.70. The molecule has 32 heavy (non-hydrogen) atoms. The van der Waals surface area contributed by atoms with E-state index in [4.69, 9.17) is 0 Å². The molecule has 1 aromatic heterocycles. The molecule has 0 unspecified atom stereocenters. The van der Waals surface area contributed by atoms with Crippen molar-refractivity contribution in [3.8, 4) is 0 Å². The molecule has 2 heterocycles. The summed E-state index contributed by atoms with van der Waals surface area (Å²) in [5, 5.41) is 6.32. The minimum absolute atomic E-state index is 0.0412. The van der Waals surface area contributed by atoms with Gasteiger partial charge in [-0.3, -0.25) is 9.59 Å². The number of benzene rings is 2. The third-order valence-corrected chi connectivity index (χ3v) is 4.97. The average molecular weight is 440 g/mol. The highest BCUT2D eigenvalue weighted by Gasteiger charge is 2.29. The molecule has 2 aromatic carbocycles. The second-order valence-corrected chi connectivity index (χ2v) is 7.29. The Morgan fingerprint density at radius 3 is 2.59 bits per heavy atom. The molecule has 0 saturated carbocycles. The number of halogens is 3.